The number of halogens is 1. The SMILES string of the molecule is O=C(Cn1cncc(I)c1=O)N1CCCC1. The molecule has 86 valence electrons. The Bertz CT molecular complexity index is 452. The summed E-state index contributed by atoms with van der Waals surface area (Å²) in [6.07, 6.45) is 5.04. The highest BCUT2D eigenvalue weighted by Crippen LogP contribution is 2.07. The highest BCUT2D eigenvalue weighted by Gasteiger charge is 2.18. The first-order valence-corrected chi connectivity index (χ1v) is 6.24. The van der Waals surface area contributed by atoms with E-state index in [0.717, 1.165) is 25.9 Å². The van der Waals surface area contributed by atoms with Gasteiger partial charge in [0.25, 0.3) is 5.56 Å². The maximum absolute atomic E-state index is 11.8. The molecule has 0 bridgehead atoms. The summed E-state index contributed by atoms with van der Waals surface area (Å²) in [6, 6.07) is 0. The van der Waals surface area contributed by atoms with E-state index in [1.807, 2.05) is 22.6 Å². The Balaban J connectivity index is 2.11. The van der Waals surface area contributed by atoms with Crippen molar-refractivity contribution in [3.05, 3.63) is 26.4 Å². The monoisotopic (exact) mass is 333 g/mol. The maximum atomic E-state index is 11.8. The fourth-order valence-corrected chi connectivity index (χ4v) is 2.22. The number of carbonyl (C=O) groups is 1. The van der Waals surface area contributed by atoms with Crippen LogP contribution in [0.1, 0.15) is 12.8 Å². The van der Waals surface area contributed by atoms with E-state index in [4.69, 9.17) is 0 Å². The van der Waals surface area contributed by atoms with Gasteiger partial charge in [0.05, 0.1) is 9.90 Å². The molecular formula is C10H12IN3O2. The van der Waals surface area contributed by atoms with Crippen LogP contribution in [-0.2, 0) is 11.3 Å². The number of hydrogen-bond acceptors (Lipinski definition) is 3. The third-order valence-electron chi connectivity index (χ3n) is 2.62. The highest BCUT2D eigenvalue weighted by molar-refractivity contribution is 14.1. The second-order valence-corrected chi connectivity index (χ2v) is 4.92. The molecule has 1 aliphatic heterocycles. The summed E-state index contributed by atoms with van der Waals surface area (Å²) in [7, 11) is 0. The molecule has 1 amide bonds. The van der Waals surface area contributed by atoms with E-state index in [9.17, 15) is 9.59 Å². The van der Waals surface area contributed by atoms with Crippen LogP contribution < -0.4 is 5.56 Å². The third kappa shape index (κ3) is 2.42. The number of carbonyl (C=O) groups excluding carboxylic acids is 1. The Labute approximate surface area is 107 Å². The van der Waals surface area contributed by atoms with Crippen molar-refractivity contribution in [2.75, 3.05) is 13.1 Å². The maximum Gasteiger partial charge on any atom is 0.267 e. The molecule has 5 nitrogen and oxygen atoms in total. The van der Waals surface area contributed by atoms with E-state index in [2.05, 4.69) is 4.98 Å². The van der Waals surface area contributed by atoms with Gasteiger partial charge in [0.15, 0.2) is 0 Å². The van der Waals surface area contributed by atoms with Crippen molar-refractivity contribution in [2.24, 2.45) is 0 Å². The summed E-state index contributed by atoms with van der Waals surface area (Å²) in [6.45, 7) is 1.72. The van der Waals surface area contributed by atoms with Crippen LogP contribution in [0.15, 0.2) is 17.3 Å². The van der Waals surface area contributed by atoms with Crippen molar-refractivity contribution in [3.63, 3.8) is 0 Å². The van der Waals surface area contributed by atoms with Crippen LogP contribution in [0.2, 0.25) is 0 Å². The van der Waals surface area contributed by atoms with Gasteiger partial charge in [-0.1, -0.05) is 0 Å². The van der Waals surface area contributed by atoms with Crippen LogP contribution in [0.5, 0.6) is 0 Å². The number of hydrogen-bond donors (Lipinski definition) is 0. The molecule has 0 atom stereocenters. The number of aromatic nitrogens is 2. The van der Waals surface area contributed by atoms with Crippen LogP contribution >= 0.6 is 22.6 Å². The van der Waals surface area contributed by atoms with Gasteiger partial charge in [0.1, 0.15) is 6.54 Å². The summed E-state index contributed by atoms with van der Waals surface area (Å²) in [5.41, 5.74) is -0.150. The molecule has 0 radical (unpaired) electrons. The van der Waals surface area contributed by atoms with E-state index in [1.165, 1.54) is 17.1 Å². The van der Waals surface area contributed by atoms with Crippen molar-refractivity contribution in [3.8, 4) is 0 Å². The zero-order valence-electron chi connectivity index (χ0n) is 8.73. The fourth-order valence-electron chi connectivity index (χ4n) is 1.75. The standard InChI is InChI=1S/C10H12IN3O2/c11-8-5-12-7-14(10(8)16)6-9(15)13-3-1-2-4-13/h5,7H,1-4,6H2. The minimum Gasteiger partial charge on any atom is -0.341 e. The van der Waals surface area contributed by atoms with Gasteiger partial charge in [0, 0.05) is 19.3 Å². The van der Waals surface area contributed by atoms with Crippen LogP contribution in [0, 0.1) is 3.57 Å². The van der Waals surface area contributed by atoms with Crippen molar-refractivity contribution in [1.29, 1.82) is 0 Å². The minimum absolute atomic E-state index is 0.00315. The lowest BCUT2D eigenvalue weighted by molar-refractivity contribution is -0.130. The van der Waals surface area contributed by atoms with Gasteiger partial charge in [-0.3, -0.25) is 14.2 Å². The first-order valence-electron chi connectivity index (χ1n) is 5.16. The summed E-state index contributed by atoms with van der Waals surface area (Å²) < 4.78 is 1.90. The number of amides is 1. The van der Waals surface area contributed by atoms with Gasteiger partial charge >= 0.3 is 0 Å². The minimum atomic E-state index is -0.150. The van der Waals surface area contributed by atoms with Crippen LogP contribution in [0.4, 0.5) is 0 Å². The van der Waals surface area contributed by atoms with E-state index in [0.29, 0.717) is 3.57 Å². The van der Waals surface area contributed by atoms with Gasteiger partial charge in [0.2, 0.25) is 5.91 Å². The Kier molecular flexibility index (Phi) is 3.57. The van der Waals surface area contributed by atoms with Gasteiger partial charge in [-0.25, -0.2) is 4.98 Å². The number of likely N-dealkylation sites (tertiary alicyclic amines) is 1. The molecule has 0 unspecified atom stereocenters. The Morgan fingerprint density at radius 1 is 1.44 bits per heavy atom. The lowest BCUT2D eigenvalue weighted by Crippen LogP contribution is -2.35. The van der Waals surface area contributed by atoms with Gasteiger partial charge in [-0.05, 0) is 35.4 Å². The van der Waals surface area contributed by atoms with E-state index in [-0.39, 0.29) is 18.0 Å². The van der Waals surface area contributed by atoms with Gasteiger partial charge in [-0.15, -0.1) is 0 Å². The van der Waals surface area contributed by atoms with Crippen molar-refractivity contribution < 1.29 is 4.79 Å². The van der Waals surface area contributed by atoms with E-state index < -0.39 is 0 Å². The Hall–Kier alpha value is -0.920. The fraction of sp³-hybridized carbons (Fsp3) is 0.500. The molecule has 0 aromatic carbocycles. The summed E-state index contributed by atoms with van der Waals surface area (Å²) in [5.74, 6) is 0.00315. The molecule has 1 fully saturated rings. The zero-order valence-corrected chi connectivity index (χ0v) is 10.9. The molecule has 0 saturated carbocycles. The first kappa shape index (κ1) is 11.6. The summed E-state index contributed by atoms with van der Waals surface area (Å²) in [4.78, 5) is 29.2. The summed E-state index contributed by atoms with van der Waals surface area (Å²) >= 11 is 1.92. The zero-order chi connectivity index (χ0) is 11.5. The van der Waals surface area contributed by atoms with Gasteiger partial charge < -0.3 is 4.90 Å². The van der Waals surface area contributed by atoms with Crippen molar-refractivity contribution >= 4 is 28.5 Å². The second kappa shape index (κ2) is 4.94. The van der Waals surface area contributed by atoms with Gasteiger partial charge in [-0.2, -0.15) is 0 Å². The first-order chi connectivity index (χ1) is 7.68. The normalized spacial score (nSPS) is 15.4. The predicted octanol–water partition coefficient (Wildman–Crippen LogP) is 0.470. The average molecular weight is 333 g/mol. The molecule has 2 heterocycles. The third-order valence-corrected chi connectivity index (χ3v) is 3.36. The molecule has 1 aromatic heterocycles. The lowest BCUT2D eigenvalue weighted by atomic mass is 10.4. The van der Waals surface area contributed by atoms with Crippen molar-refractivity contribution in [2.45, 2.75) is 19.4 Å². The summed E-state index contributed by atoms with van der Waals surface area (Å²) in [5, 5.41) is 0. The predicted molar refractivity (Wildman–Crippen MR) is 67.0 cm³/mol. The number of rotatable bonds is 2. The molecule has 6 heteroatoms. The Morgan fingerprint density at radius 2 is 2.12 bits per heavy atom. The lowest BCUT2D eigenvalue weighted by Gasteiger charge is -2.15. The number of nitrogens with zero attached hydrogens (tertiary/aromatic N) is 3. The molecular weight excluding hydrogens is 321 g/mol. The topological polar surface area (TPSA) is 55.2 Å². The molecule has 0 N–H and O–H groups in total. The average Bonchev–Trinajstić information content (AvgIpc) is 2.78. The van der Waals surface area contributed by atoms with E-state index >= 15 is 0 Å². The van der Waals surface area contributed by atoms with Crippen molar-refractivity contribution in [1.82, 2.24) is 14.5 Å². The molecule has 1 aliphatic rings. The smallest absolute Gasteiger partial charge is 0.267 e. The molecule has 0 spiro atoms. The van der Waals surface area contributed by atoms with E-state index in [1.54, 1.807) is 4.90 Å². The van der Waals surface area contributed by atoms with Crippen LogP contribution in [0.25, 0.3) is 0 Å². The largest absolute Gasteiger partial charge is 0.341 e. The highest BCUT2D eigenvalue weighted by atomic mass is 127. The van der Waals surface area contributed by atoms with Crippen LogP contribution in [0.3, 0.4) is 0 Å². The molecule has 16 heavy (non-hydrogen) atoms. The Morgan fingerprint density at radius 3 is 2.81 bits per heavy atom. The molecule has 0 aliphatic carbocycles. The molecule has 1 aromatic rings. The molecule has 1 saturated heterocycles. The second-order valence-electron chi connectivity index (χ2n) is 3.76. The van der Waals surface area contributed by atoms with Crippen LogP contribution in [-0.4, -0.2) is 33.4 Å². The quantitative estimate of drug-likeness (QED) is 0.740. The molecule has 2 rings (SSSR count).